The Kier molecular flexibility index (Phi) is 4.67. The average Bonchev–Trinajstić information content (AvgIpc) is 2.39. The largest absolute Gasteiger partial charge is 0.324 e. The average molecular weight is 297 g/mol. The van der Waals surface area contributed by atoms with E-state index in [4.69, 9.17) is 5.73 Å². The van der Waals surface area contributed by atoms with Gasteiger partial charge in [-0.15, -0.1) is 0 Å². The lowest BCUT2D eigenvalue weighted by atomic mass is 10.1. The molecule has 2 unspecified atom stereocenters. The van der Waals surface area contributed by atoms with Gasteiger partial charge in [0.1, 0.15) is 0 Å². The van der Waals surface area contributed by atoms with Crippen LogP contribution in [0, 0.1) is 0 Å². The number of nitrogens with zero attached hydrogens (tertiary/aromatic N) is 1. The lowest BCUT2D eigenvalue weighted by molar-refractivity contribution is 0.270. The number of anilines is 1. The molecule has 0 spiro atoms. The Morgan fingerprint density at radius 1 is 1.30 bits per heavy atom. The Hall–Kier alpha value is -1.11. The summed E-state index contributed by atoms with van der Waals surface area (Å²) >= 11 is 0. The highest BCUT2D eigenvalue weighted by Gasteiger charge is 2.29. The van der Waals surface area contributed by atoms with E-state index in [0.717, 1.165) is 24.8 Å². The smallest absolute Gasteiger partial charge is 0.301 e. The molecule has 0 aromatic heterocycles. The van der Waals surface area contributed by atoms with Crippen LogP contribution in [0.4, 0.5) is 5.69 Å². The maximum Gasteiger partial charge on any atom is 0.301 e. The zero-order valence-corrected chi connectivity index (χ0v) is 12.9. The van der Waals surface area contributed by atoms with Gasteiger partial charge in [-0.2, -0.15) is 12.7 Å². The molecule has 0 bridgehead atoms. The number of nitrogens with one attached hydrogen (secondary N) is 1. The molecule has 2 atom stereocenters. The molecule has 6 heteroatoms. The maximum absolute atomic E-state index is 12.4. The fourth-order valence-electron chi connectivity index (χ4n) is 2.49. The van der Waals surface area contributed by atoms with E-state index >= 15 is 0 Å². The first-order valence-electron chi connectivity index (χ1n) is 7.05. The second-order valence-electron chi connectivity index (χ2n) is 5.47. The monoisotopic (exact) mass is 297 g/mol. The Bertz CT molecular complexity index is 540. The van der Waals surface area contributed by atoms with Crippen molar-refractivity contribution in [1.82, 2.24) is 4.31 Å². The number of benzene rings is 1. The summed E-state index contributed by atoms with van der Waals surface area (Å²) in [5.41, 5.74) is 7.34. The van der Waals surface area contributed by atoms with Crippen LogP contribution in [-0.4, -0.2) is 25.3 Å². The highest BCUT2D eigenvalue weighted by Crippen LogP contribution is 2.22. The van der Waals surface area contributed by atoms with Crippen molar-refractivity contribution in [2.45, 2.75) is 45.2 Å². The fourth-order valence-corrected chi connectivity index (χ4v) is 3.99. The van der Waals surface area contributed by atoms with E-state index in [2.05, 4.69) is 4.72 Å². The molecule has 0 amide bonds. The second kappa shape index (κ2) is 6.11. The van der Waals surface area contributed by atoms with E-state index < -0.39 is 10.2 Å². The van der Waals surface area contributed by atoms with Gasteiger partial charge in [-0.25, -0.2) is 0 Å². The van der Waals surface area contributed by atoms with E-state index in [0.29, 0.717) is 12.2 Å². The zero-order chi connectivity index (χ0) is 14.8. The predicted octanol–water partition coefficient (Wildman–Crippen LogP) is 2.24. The highest BCUT2D eigenvalue weighted by molar-refractivity contribution is 7.90. The fraction of sp³-hybridized carbons (Fsp3) is 0.571. The summed E-state index contributed by atoms with van der Waals surface area (Å²) in [4.78, 5) is 0. The van der Waals surface area contributed by atoms with Crippen LogP contribution in [0.2, 0.25) is 0 Å². The summed E-state index contributed by atoms with van der Waals surface area (Å²) < 4.78 is 28.9. The van der Waals surface area contributed by atoms with E-state index in [1.165, 1.54) is 0 Å². The Morgan fingerprint density at radius 3 is 2.50 bits per heavy atom. The summed E-state index contributed by atoms with van der Waals surface area (Å²) in [6, 6.07) is 7.22. The summed E-state index contributed by atoms with van der Waals surface area (Å²) in [6.07, 6.45) is 2.94. The Labute approximate surface area is 121 Å². The number of hydrogen-bond donors (Lipinski definition) is 2. The molecule has 1 heterocycles. The van der Waals surface area contributed by atoms with Crippen molar-refractivity contribution in [2.75, 3.05) is 11.3 Å². The van der Waals surface area contributed by atoms with E-state index in [1.54, 1.807) is 16.4 Å². The van der Waals surface area contributed by atoms with Gasteiger partial charge in [0.05, 0.1) is 0 Å². The highest BCUT2D eigenvalue weighted by atomic mass is 32.2. The molecular formula is C14H23N3O2S. The molecule has 1 aliphatic heterocycles. The van der Waals surface area contributed by atoms with Crippen molar-refractivity contribution >= 4 is 15.9 Å². The van der Waals surface area contributed by atoms with Crippen LogP contribution in [0.3, 0.4) is 0 Å². The van der Waals surface area contributed by atoms with Crippen molar-refractivity contribution in [2.24, 2.45) is 5.73 Å². The predicted molar refractivity (Wildman–Crippen MR) is 81.6 cm³/mol. The third-order valence-electron chi connectivity index (χ3n) is 3.73. The molecular weight excluding hydrogens is 274 g/mol. The topological polar surface area (TPSA) is 75.4 Å². The number of piperidine rings is 1. The minimum absolute atomic E-state index is 0.0530. The zero-order valence-electron chi connectivity index (χ0n) is 12.0. The molecule has 0 aliphatic carbocycles. The normalized spacial score (nSPS) is 22.4. The van der Waals surface area contributed by atoms with Gasteiger partial charge in [-0.05, 0) is 44.4 Å². The quantitative estimate of drug-likeness (QED) is 0.895. The summed E-state index contributed by atoms with van der Waals surface area (Å²) in [5, 5.41) is 0. The van der Waals surface area contributed by atoms with Crippen LogP contribution in [-0.2, 0) is 10.2 Å². The standard InChI is InChI=1S/C14H23N3O2S/c1-11-5-3-4-10-17(11)20(18,19)16-14-8-6-13(7-9-14)12(2)15/h6-9,11-12,16H,3-5,10,15H2,1-2H3. The van der Waals surface area contributed by atoms with Crippen LogP contribution in [0.15, 0.2) is 24.3 Å². The minimum Gasteiger partial charge on any atom is -0.324 e. The molecule has 3 N–H and O–H groups in total. The number of hydrogen-bond acceptors (Lipinski definition) is 3. The van der Waals surface area contributed by atoms with Gasteiger partial charge >= 0.3 is 10.2 Å². The van der Waals surface area contributed by atoms with Crippen molar-refractivity contribution in [3.63, 3.8) is 0 Å². The molecule has 1 aliphatic rings. The molecule has 0 radical (unpaired) electrons. The van der Waals surface area contributed by atoms with Crippen LogP contribution in [0.25, 0.3) is 0 Å². The molecule has 5 nitrogen and oxygen atoms in total. The lowest BCUT2D eigenvalue weighted by Crippen LogP contribution is -2.44. The van der Waals surface area contributed by atoms with Gasteiger partial charge in [0.15, 0.2) is 0 Å². The summed E-state index contributed by atoms with van der Waals surface area (Å²) in [7, 11) is -3.47. The molecule has 2 rings (SSSR count). The molecule has 112 valence electrons. The van der Waals surface area contributed by atoms with Gasteiger partial charge in [0.25, 0.3) is 0 Å². The van der Waals surface area contributed by atoms with Crippen molar-refractivity contribution in [3.8, 4) is 0 Å². The molecule has 20 heavy (non-hydrogen) atoms. The molecule has 1 aromatic carbocycles. The van der Waals surface area contributed by atoms with Gasteiger partial charge in [-0.1, -0.05) is 18.6 Å². The van der Waals surface area contributed by atoms with E-state index in [9.17, 15) is 8.42 Å². The first-order valence-corrected chi connectivity index (χ1v) is 8.49. The van der Waals surface area contributed by atoms with Gasteiger partial charge in [-0.3, -0.25) is 4.72 Å². The first-order chi connectivity index (χ1) is 9.40. The third kappa shape index (κ3) is 3.50. The lowest BCUT2D eigenvalue weighted by Gasteiger charge is -2.32. The third-order valence-corrected chi connectivity index (χ3v) is 5.39. The summed E-state index contributed by atoms with van der Waals surface area (Å²) in [6.45, 7) is 4.45. The summed E-state index contributed by atoms with van der Waals surface area (Å²) in [5.74, 6) is 0. The van der Waals surface area contributed by atoms with Crippen LogP contribution in [0.5, 0.6) is 0 Å². The second-order valence-corrected chi connectivity index (χ2v) is 7.10. The van der Waals surface area contributed by atoms with Gasteiger partial charge in [0.2, 0.25) is 0 Å². The molecule has 1 fully saturated rings. The number of rotatable bonds is 4. The molecule has 0 saturated carbocycles. The van der Waals surface area contributed by atoms with Crippen LogP contribution >= 0.6 is 0 Å². The van der Waals surface area contributed by atoms with Crippen molar-refractivity contribution in [3.05, 3.63) is 29.8 Å². The van der Waals surface area contributed by atoms with Gasteiger partial charge < -0.3 is 5.73 Å². The minimum atomic E-state index is -3.47. The van der Waals surface area contributed by atoms with E-state index in [-0.39, 0.29) is 12.1 Å². The SMILES string of the molecule is CC(N)c1ccc(NS(=O)(=O)N2CCCCC2C)cc1. The number of nitrogens with two attached hydrogens (primary N) is 1. The van der Waals surface area contributed by atoms with Crippen LogP contribution < -0.4 is 10.5 Å². The molecule has 1 aromatic rings. The Morgan fingerprint density at radius 2 is 1.95 bits per heavy atom. The van der Waals surface area contributed by atoms with E-state index in [1.807, 2.05) is 26.0 Å². The maximum atomic E-state index is 12.4. The Balaban J connectivity index is 2.11. The van der Waals surface area contributed by atoms with Crippen molar-refractivity contribution in [1.29, 1.82) is 0 Å². The first kappa shape index (κ1) is 15.3. The molecule has 1 saturated heterocycles. The van der Waals surface area contributed by atoms with Crippen LogP contribution in [0.1, 0.15) is 44.7 Å². The van der Waals surface area contributed by atoms with Gasteiger partial charge in [0, 0.05) is 24.3 Å². The van der Waals surface area contributed by atoms with Crippen molar-refractivity contribution < 1.29 is 8.42 Å².